The van der Waals surface area contributed by atoms with Crippen molar-refractivity contribution in [1.29, 1.82) is 0 Å². The molecule has 2 rings (SSSR count). The largest absolute Gasteiger partial charge is 0.309 e. The smallest absolute Gasteiger partial charge is 0.0686 e. The molecule has 1 aromatic carbocycles. The van der Waals surface area contributed by atoms with Crippen LogP contribution in [0.4, 0.5) is 0 Å². The molecule has 1 heterocycles. The number of thiophene rings is 1. The van der Waals surface area contributed by atoms with Gasteiger partial charge in [-0.05, 0) is 48.7 Å². The van der Waals surface area contributed by atoms with Gasteiger partial charge < -0.3 is 5.32 Å². The van der Waals surface area contributed by atoms with Gasteiger partial charge in [0.05, 0.1) is 11.1 Å². The van der Waals surface area contributed by atoms with E-state index in [2.05, 4.69) is 46.4 Å². The predicted molar refractivity (Wildman–Crippen MR) is 79.1 cm³/mol. The SMILES string of the molecule is CNC(c1ccc(Br)cc1C)c1sccc1Cl. The lowest BCUT2D eigenvalue weighted by Crippen LogP contribution is -2.17. The topological polar surface area (TPSA) is 12.0 Å². The molecule has 1 aromatic heterocycles. The van der Waals surface area contributed by atoms with E-state index in [-0.39, 0.29) is 6.04 Å². The number of nitrogens with one attached hydrogen (secondary N) is 1. The van der Waals surface area contributed by atoms with Crippen molar-refractivity contribution < 1.29 is 0 Å². The molecule has 17 heavy (non-hydrogen) atoms. The van der Waals surface area contributed by atoms with E-state index >= 15 is 0 Å². The number of hydrogen-bond donors (Lipinski definition) is 1. The molecule has 0 fully saturated rings. The number of halogens is 2. The Kier molecular flexibility index (Phi) is 4.26. The summed E-state index contributed by atoms with van der Waals surface area (Å²) in [5, 5.41) is 6.19. The van der Waals surface area contributed by atoms with Crippen molar-refractivity contribution >= 4 is 38.9 Å². The maximum atomic E-state index is 6.21. The van der Waals surface area contributed by atoms with Crippen molar-refractivity contribution in [1.82, 2.24) is 5.32 Å². The van der Waals surface area contributed by atoms with Crippen LogP contribution >= 0.6 is 38.9 Å². The fraction of sp³-hybridized carbons (Fsp3) is 0.231. The van der Waals surface area contributed by atoms with Crippen molar-refractivity contribution in [2.75, 3.05) is 7.05 Å². The minimum Gasteiger partial charge on any atom is -0.309 e. The zero-order valence-corrected chi connectivity index (χ0v) is 12.8. The highest BCUT2D eigenvalue weighted by Gasteiger charge is 2.18. The maximum Gasteiger partial charge on any atom is 0.0686 e. The van der Waals surface area contributed by atoms with E-state index < -0.39 is 0 Å². The molecule has 0 bridgehead atoms. The highest BCUT2D eigenvalue weighted by molar-refractivity contribution is 9.10. The lowest BCUT2D eigenvalue weighted by Gasteiger charge is -2.18. The summed E-state index contributed by atoms with van der Waals surface area (Å²) in [5.74, 6) is 0. The van der Waals surface area contributed by atoms with Gasteiger partial charge in [-0.15, -0.1) is 11.3 Å². The Morgan fingerprint density at radius 3 is 2.65 bits per heavy atom. The lowest BCUT2D eigenvalue weighted by atomic mass is 10.0. The van der Waals surface area contributed by atoms with Crippen LogP contribution in [0.5, 0.6) is 0 Å². The molecule has 1 nitrogen and oxygen atoms in total. The van der Waals surface area contributed by atoms with Crippen molar-refractivity contribution in [2.45, 2.75) is 13.0 Å². The molecule has 1 atom stereocenters. The molecule has 0 radical (unpaired) electrons. The second-order valence-corrected chi connectivity index (χ2v) is 6.13. The van der Waals surface area contributed by atoms with Gasteiger partial charge in [0.1, 0.15) is 0 Å². The van der Waals surface area contributed by atoms with E-state index in [0.29, 0.717) is 0 Å². The molecule has 4 heteroatoms. The maximum absolute atomic E-state index is 6.21. The fourth-order valence-corrected chi connectivity index (χ4v) is 3.67. The summed E-state index contributed by atoms with van der Waals surface area (Å²) in [4.78, 5) is 1.17. The van der Waals surface area contributed by atoms with Gasteiger partial charge in [-0.1, -0.05) is 33.6 Å². The highest BCUT2D eigenvalue weighted by atomic mass is 79.9. The average Bonchev–Trinajstić information content (AvgIpc) is 2.69. The summed E-state index contributed by atoms with van der Waals surface area (Å²) in [6.07, 6.45) is 0. The first-order valence-electron chi connectivity index (χ1n) is 5.29. The molecule has 1 N–H and O–H groups in total. The van der Waals surface area contributed by atoms with Crippen LogP contribution in [0.25, 0.3) is 0 Å². The van der Waals surface area contributed by atoms with Gasteiger partial charge in [-0.3, -0.25) is 0 Å². The van der Waals surface area contributed by atoms with Crippen molar-refractivity contribution in [3.63, 3.8) is 0 Å². The molecular formula is C13H13BrClNS. The first-order valence-corrected chi connectivity index (χ1v) is 7.34. The van der Waals surface area contributed by atoms with Crippen LogP contribution < -0.4 is 5.32 Å². The third-order valence-corrected chi connectivity index (χ3v) is 4.66. The highest BCUT2D eigenvalue weighted by Crippen LogP contribution is 2.34. The molecule has 0 saturated heterocycles. The van der Waals surface area contributed by atoms with E-state index in [0.717, 1.165) is 9.50 Å². The Balaban J connectivity index is 2.46. The van der Waals surface area contributed by atoms with Gasteiger partial charge in [-0.25, -0.2) is 0 Å². The zero-order valence-electron chi connectivity index (χ0n) is 9.63. The Morgan fingerprint density at radius 1 is 1.35 bits per heavy atom. The van der Waals surface area contributed by atoms with Crippen LogP contribution in [0.15, 0.2) is 34.1 Å². The molecule has 0 aliphatic rings. The van der Waals surface area contributed by atoms with Gasteiger partial charge >= 0.3 is 0 Å². The van der Waals surface area contributed by atoms with Gasteiger partial charge in [0.25, 0.3) is 0 Å². The monoisotopic (exact) mass is 329 g/mol. The standard InChI is InChI=1S/C13H13BrClNS/c1-8-7-9(14)3-4-10(8)12(16-2)13-11(15)5-6-17-13/h3-7,12,16H,1-2H3. The molecule has 90 valence electrons. The molecule has 0 amide bonds. The van der Waals surface area contributed by atoms with E-state index in [1.165, 1.54) is 16.0 Å². The first-order chi connectivity index (χ1) is 8.13. The Bertz CT molecular complexity index is 524. The number of aryl methyl sites for hydroxylation is 1. The van der Waals surface area contributed by atoms with E-state index in [1.54, 1.807) is 11.3 Å². The summed E-state index contributed by atoms with van der Waals surface area (Å²) in [6, 6.07) is 8.43. The third kappa shape index (κ3) is 2.74. The van der Waals surface area contributed by atoms with Gasteiger partial charge in [0.2, 0.25) is 0 Å². The first kappa shape index (κ1) is 13.1. The Hall–Kier alpha value is -0.350. The number of rotatable bonds is 3. The summed E-state index contributed by atoms with van der Waals surface area (Å²) in [7, 11) is 1.96. The lowest BCUT2D eigenvalue weighted by molar-refractivity contribution is 0.699. The second-order valence-electron chi connectivity index (χ2n) is 3.86. The zero-order chi connectivity index (χ0) is 12.4. The summed E-state index contributed by atoms with van der Waals surface area (Å²) in [5.41, 5.74) is 2.52. The summed E-state index contributed by atoms with van der Waals surface area (Å²) < 4.78 is 1.10. The van der Waals surface area contributed by atoms with Crippen molar-refractivity contribution in [2.24, 2.45) is 0 Å². The summed E-state index contributed by atoms with van der Waals surface area (Å²) in [6.45, 7) is 2.12. The molecule has 0 saturated carbocycles. The van der Waals surface area contributed by atoms with Gasteiger partial charge in [0.15, 0.2) is 0 Å². The normalized spacial score (nSPS) is 12.7. The quantitative estimate of drug-likeness (QED) is 0.854. The molecule has 0 aliphatic carbocycles. The van der Waals surface area contributed by atoms with Crippen LogP contribution in [0.3, 0.4) is 0 Å². The Labute approximate surface area is 119 Å². The van der Waals surface area contributed by atoms with Crippen LogP contribution in [0.1, 0.15) is 22.0 Å². The molecule has 2 aromatic rings. The number of benzene rings is 1. The van der Waals surface area contributed by atoms with Gasteiger partial charge in [-0.2, -0.15) is 0 Å². The molecule has 0 spiro atoms. The number of hydrogen-bond acceptors (Lipinski definition) is 2. The van der Waals surface area contributed by atoms with Crippen LogP contribution in [0.2, 0.25) is 5.02 Å². The van der Waals surface area contributed by atoms with Crippen LogP contribution in [0, 0.1) is 6.92 Å². The molecular weight excluding hydrogens is 318 g/mol. The third-order valence-electron chi connectivity index (χ3n) is 2.74. The minimum atomic E-state index is 0.163. The van der Waals surface area contributed by atoms with E-state index in [4.69, 9.17) is 11.6 Å². The van der Waals surface area contributed by atoms with Gasteiger partial charge in [0, 0.05) is 9.35 Å². The average molecular weight is 331 g/mol. The minimum absolute atomic E-state index is 0.163. The fourth-order valence-electron chi connectivity index (χ4n) is 1.90. The Morgan fingerprint density at radius 2 is 2.12 bits per heavy atom. The molecule has 1 unspecified atom stereocenters. The summed E-state index contributed by atoms with van der Waals surface area (Å²) >= 11 is 11.4. The van der Waals surface area contributed by atoms with E-state index in [9.17, 15) is 0 Å². The second kappa shape index (κ2) is 5.53. The van der Waals surface area contributed by atoms with Crippen molar-refractivity contribution in [3.8, 4) is 0 Å². The molecule has 0 aliphatic heterocycles. The van der Waals surface area contributed by atoms with Crippen LogP contribution in [-0.2, 0) is 0 Å². The predicted octanol–water partition coefficient (Wildman–Crippen LogP) is 4.78. The van der Waals surface area contributed by atoms with E-state index in [1.807, 2.05) is 18.5 Å². The van der Waals surface area contributed by atoms with Crippen molar-refractivity contribution in [3.05, 3.63) is 55.1 Å². The van der Waals surface area contributed by atoms with Crippen LogP contribution in [-0.4, -0.2) is 7.05 Å².